The van der Waals surface area contributed by atoms with Gasteiger partial charge in [0, 0.05) is 30.1 Å². The number of anilines is 1. The molecule has 0 aromatic carbocycles. The second kappa shape index (κ2) is 7.02. The van der Waals surface area contributed by atoms with Crippen LogP contribution in [0.1, 0.15) is 12.8 Å². The first-order chi connectivity index (χ1) is 11.1. The zero-order valence-electron chi connectivity index (χ0n) is 12.4. The van der Waals surface area contributed by atoms with E-state index < -0.39 is 5.82 Å². The van der Waals surface area contributed by atoms with Gasteiger partial charge in [-0.1, -0.05) is 11.6 Å². The third-order valence-electron chi connectivity index (χ3n) is 3.79. The molecule has 0 radical (unpaired) electrons. The van der Waals surface area contributed by atoms with Gasteiger partial charge < -0.3 is 10.6 Å². The second-order valence-corrected chi connectivity index (χ2v) is 5.88. The van der Waals surface area contributed by atoms with Crippen LogP contribution < -0.4 is 10.6 Å². The van der Waals surface area contributed by atoms with Gasteiger partial charge in [0.1, 0.15) is 11.6 Å². The first-order valence-corrected chi connectivity index (χ1v) is 7.79. The normalized spacial score (nSPS) is 17.7. The molecule has 3 rings (SSSR count). The molecule has 3 heterocycles. The van der Waals surface area contributed by atoms with Gasteiger partial charge >= 0.3 is 0 Å². The van der Waals surface area contributed by atoms with Crippen molar-refractivity contribution in [3.05, 3.63) is 41.6 Å². The molecular weight excluding hydrogens is 319 g/mol. The standard InChI is InChI=1S/C16H16ClFN4O/c17-14-9-21-15(22-16(23)10-2-1-3-19-6-10)5-13(14)11-4-12(18)8-20-7-11/h4-5,7-10,19H,1-3,6H2,(H,21,22,23). The summed E-state index contributed by atoms with van der Waals surface area (Å²) >= 11 is 6.13. The van der Waals surface area contributed by atoms with Crippen LogP contribution in [0.3, 0.4) is 0 Å². The fraction of sp³-hybridized carbons (Fsp3) is 0.312. The summed E-state index contributed by atoms with van der Waals surface area (Å²) < 4.78 is 13.3. The van der Waals surface area contributed by atoms with Crippen LogP contribution in [0, 0.1) is 11.7 Å². The van der Waals surface area contributed by atoms with E-state index in [0.717, 1.165) is 25.6 Å². The quantitative estimate of drug-likeness (QED) is 0.905. The van der Waals surface area contributed by atoms with Crippen molar-refractivity contribution in [1.82, 2.24) is 15.3 Å². The number of carbonyl (C=O) groups excluding carboxylic acids is 1. The number of halogens is 2. The van der Waals surface area contributed by atoms with Crippen molar-refractivity contribution in [2.24, 2.45) is 5.92 Å². The summed E-state index contributed by atoms with van der Waals surface area (Å²) in [5.41, 5.74) is 1.11. The smallest absolute Gasteiger partial charge is 0.229 e. The summed E-state index contributed by atoms with van der Waals surface area (Å²) in [5, 5.41) is 6.37. The van der Waals surface area contributed by atoms with Gasteiger partial charge in [-0.05, 0) is 31.5 Å². The molecule has 2 N–H and O–H groups in total. The van der Waals surface area contributed by atoms with Crippen molar-refractivity contribution in [2.75, 3.05) is 18.4 Å². The number of amides is 1. The third kappa shape index (κ3) is 3.83. The molecule has 0 bridgehead atoms. The highest BCUT2D eigenvalue weighted by molar-refractivity contribution is 6.33. The van der Waals surface area contributed by atoms with Crippen molar-refractivity contribution in [1.29, 1.82) is 0 Å². The number of rotatable bonds is 3. The molecule has 5 nitrogen and oxygen atoms in total. The molecule has 0 saturated carbocycles. The average Bonchev–Trinajstić information content (AvgIpc) is 2.57. The minimum absolute atomic E-state index is 0.0690. The fourth-order valence-electron chi connectivity index (χ4n) is 2.59. The minimum Gasteiger partial charge on any atom is -0.316 e. The van der Waals surface area contributed by atoms with Crippen molar-refractivity contribution >= 4 is 23.3 Å². The Bertz CT molecular complexity index is 719. The maximum absolute atomic E-state index is 13.3. The van der Waals surface area contributed by atoms with Crippen LogP contribution in [0.4, 0.5) is 10.2 Å². The zero-order valence-corrected chi connectivity index (χ0v) is 13.1. The van der Waals surface area contributed by atoms with Crippen molar-refractivity contribution in [3.63, 3.8) is 0 Å². The van der Waals surface area contributed by atoms with Gasteiger partial charge in [0.25, 0.3) is 0 Å². The van der Waals surface area contributed by atoms with Gasteiger partial charge in [0.2, 0.25) is 5.91 Å². The minimum atomic E-state index is -0.450. The highest BCUT2D eigenvalue weighted by atomic mass is 35.5. The predicted molar refractivity (Wildman–Crippen MR) is 86.7 cm³/mol. The van der Waals surface area contributed by atoms with Crippen molar-refractivity contribution in [2.45, 2.75) is 12.8 Å². The van der Waals surface area contributed by atoms with Crippen LogP contribution in [0.25, 0.3) is 11.1 Å². The number of hydrogen-bond donors (Lipinski definition) is 2. The molecule has 1 atom stereocenters. The number of nitrogens with zero attached hydrogens (tertiary/aromatic N) is 2. The number of pyridine rings is 2. The van der Waals surface area contributed by atoms with Crippen LogP contribution in [0.5, 0.6) is 0 Å². The summed E-state index contributed by atoms with van der Waals surface area (Å²) in [6.45, 7) is 1.61. The number of hydrogen-bond acceptors (Lipinski definition) is 4. The summed E-state index contributed by atoms with van der Waals surface area (Å²) in [4.78, 5) is 20.2. The lowest BCUT2D eigenvalue weighted by molar-refractivity contribution is -0.120. The largest absolute Gasteiger partial charge is 0.316 e. The zero-order chi connectivity index (χ0) is 16.2. The molecule has 2 aromatic heterocycles. The Labute approximate surface area is 138 Å². The SMILES string of the molecule is O=C(Nc1cc(-c2cncc(F)c2)c(Cl)cn1)C1CCCNC1. The maximum atomic E-state index is 13.3. The Morgan fingerprint density at radius 2 is 2.22 bits per heavy atom. The van der Waals surface area contributed by atoms with Crippen molar-refractivity contribution < 1.29 is 9.18 Å². The lowest BCUT2D eigenvalue weighted by Crippen LogP contribution is -2.37. The van der Waals surface area contributed by atoms with E-state index in [1.807, 2.05) is 0 Å². The van der Waals surface area contributed by atoms with E-state index in [2.05, 4.69) is 20.6 Å². The molecule has 1 aliphatic heterocycles. The summed E-state index contributed by atoms with van der Waals surface area (Å²) in [7, 11) is 0. The maximum Gasteiger partial charge on any atom is 0.229 e. The first-order valence-electron chi connectivity index (χ1n) is 7.41. The molecule has 2 aromatic rings. The van der Waals surface area contributed by atoms with E-state index in [9.17, 15) is 9.18 Å². The molecule has 1 fully saturated rings. The third-order valence-corrected chi connectivity index (χ3v) is 4.09. The second-order valence-electron chi connectivity index (χ2n) is 5.47. The van der Waals surface area contributed by atoms with Gasteiger partial charge in [-0.15, -0.1) is 0 Å². The summed E-state index contributed by atoms with van der Waals surface area (Å²) in [5.74, 6) is -0.200. The van der Waals surface area contributed by atoms with E-state index in [1.165, 1.54) is 18.5 Å². The van der Waals surface area contributed by atoms with E-state index in [-0.39, 0.29) is 11.8 Å². The van der Waals surface area contributed by atoms with Crippen LogP contribution in [-0.2, 0) is 4.79 Å². The number of nitrogens with one attached hydrogen (secondary N) is 2. The van der Waals surface area contributed by atoms with Crippen molar-refractivity contribution in [3.8, 4) is 11.1 Å². The molecule has 120 valence electrons. The van der Waals surface area contributed by atoms with E-state index in [4.69, 9.17) is 11.6 Å². The molecule has 1 amide bonds. The van der Waals surface area contributed by atoms with E-state index >= 15 is 0 Å². The molecule has 1 unspecified atom stereocenters. The fourth-order valence-corrected chi connectivity index (χ4v) is 2.80. The molecule has 1 aliphatic rings. The topological polar surface area (TPSA) is 66.9 Å². The van der Waals surface area contributed by atoms with Gasteiger partial charge in [-0.2, -0.15) is 0 Å². The highest BCUT2D eigenvalue weighted by Crippen LogP contribution is 2.29. The Hall–Kier alpha value is -2.05. The molecule has 0 aliphatic carbocycles. The van der Waals surface area contributed by atoms with Crippen LogP contribution >= 0.6 is 11.6 Å². The molecule has 1 saturated heterocycles. The molecule has 0 spiro atoms. The van der Waals surface area contributed by atoms with Crippen LogP contribution in [-0.4, -0.2) is 29.0 Å². The number of carbonyl (C=O) groups is 1. The molecule has 23 heavy (non-hydrogen) atoms. The predicted octanol–water partition coefficient (Wildman–Crippen LogP) is 2.87. The highest BCUT2D eigenvalue weighted by Gasteiger charge is 2.21. The number of piperidine rings is 1. The van der Waals surface area contributed by atoms with Gasteiger partial charge in [-0.3, -0.25) is 9.78 Å². The Balaban J connectivity index is 1.81. The lowest BCUT2D eigenvalue weighted by atomic mass is 9.99. The van der Waals surface area contributed by atoms with Gasteiger partial charge in [-0.25, -0.2) is 9.37 Å². The Morgan fingerprint density at radius 3 is 2.96 bits per heavy atom. The Kier molecular flexibility index (Phi) is 4.83. The van der Waals surface area contributed by atoms with Crippen LogP contribution in [0.2, 0.25) is 5.02 Å². The van der Waals surface area contributed by atoms with E-state index in [0.29, 0.717) is 28.5 Å². The average molecular weight is 335 g/mol. The monoisotopic (exact) mass is 334 g/mol. The Morgan fingerprint density at radius 1 is 1.35 bits per heavy atom. The first kappa shape index (κ1) is 15.8. The van der Waals surface area contributed by atoms with E-state index in [1.54, 1.807) is 6.07 Å². The van der Waals surface area contributed by atoms with Gasteiger partial charge in [0.05, 0.1) is 17.1 Å². The summed E-state index contributed by atoms with van der Waals surface area (Å²) in [6.07, 6.45) is 5.91. The molecular formula is C16H16ClFN4O. The molecule has 7 heteroatoms. The van der Waals surface area contributed by atoms with Crippen LogP contribution in [0.15, 0.2) is 30.7 Å². The summed E-state index contributed by atoms with van der Waals surface area (Å²) in [6, 6.07) is 2.97. The lowest BCUT2D eigenvalue weighted by Gasteiger charge is -2.21. The van der Waals surface area contributed by atoms with Gasteiger partial charge in [0.15, 0.2) is 0 Å². The number of aromatic nitrogens is 2.